The number of carbonyl (C=O) groups excluding carboxylic acids is 2. The van der Waals surface area contributed by atoms with Crippen molar-refractivity contribution in [3.63, 3.8) is 0 Å². The predicted octanol–water partition coefficient (Wildman–Crippen LogP) is 6.82. The van der Waals surface area contributed by atoms with E-state index in [9.17, 15) is 9.59 Å². The first-order chi connectivity index (χ1) is 18.2. The van der Waals surface area contributed by atoms with Gasteiger partial charge in [-0.1, -0.05) is 80.6 Å². The van der Waals surface area contributed by atoms with E-state index >= 15 is 0 Å². The van der Waals surface area contributed by atoms with Gasteiger partial charge in [0.05, 0.1) is 5.92 Å². The van der Waals surface area contributed by atoms with Crippen LogP contribution >= 0.6 is 0 Å². The summed E-state index contributed by atoms with van der Waals surface area (Å²) in [6, 6.07) is 25.5. The molecule has 38 heavy (non-hydrogen) atoms. The number of ether oxygens (including phenoxy) is 1. The topological polar surface area (TPSA) is 67.4 Å². The van der Waals surface area contributed by atoms with Crippen molar-refractivity contribution in [2.75, 3.05) is 5.32 Å². The van der Waals surface area contributed by atoms with Crippen LogP contribution < -0.4 is 15.4 Å². The van der Waals surface area contributed by atoms with Gasteiger partial charge in [0.15, 0.2) is 5.78 Å². The largest absolute Gasteiger partial charge is 0.489 e. The molecule has 0 aromatic heterocycles. The van der Waals surface area contributed by atoms with Gasteiger partial charge in [-0.15, -0.1) is 0 Å². The number of amides is 1. The molecule has 3 aromatic rings. The van der Waals surface area contributed by atoms with Gasteiger partial charge in [0.1, 0.15) is 12.4 Å². The SMILES string of the molecule is CC1=C(C(=O)Nc2ccccc2C)C(c2ccccc2OCc2ccccc2)C2=C(CC(C)(C)CC2=O)N1. The Morgan fingerprint density at radius 2 is 1.63 bits per heavy atom. The van der Waals surface area contributed by atoms with Crippen molar-refractivity contribution < 1.29 is 14.3 Å². The third kappa shape index (κ3) is 5.14. The maximum Gasteiger partial charge on any atom is 0.254 e. The molecule has 5 nitrogen and oxygen atoms in total. The van der Waals surface area contributed by atoms with Crippen LogP contribution in [0.25, 0.3) is 0 Å². The zero-order valence-corrected chi connectivity index (χ0v) is 22.4. The third-order valence-electron chi connectivity index (χ3n) is 7.34. The average Bonchev–Trinajstić information content (AvgIpc) is 2.88. The summed E-state index contributed by atoms with van der Waals surface area (Å²) in [5, 5.41) is 6.55. The van der Waals surface area contributed by atoms with Gasteiger partial charge in [-0.2, -0.15) is 0 Å². The molecule has 0 spiro atoms. The molecule has 0 radical (unpaired) electrons. The fourth-order valence-electron chi connectivity index (χ4n) is 5.54. The zero-order chi connectivity index (χ0) is 26.9. The van der Waals surface area contributed by atoms with Gasteiger partial charge >= 0.3 is 0 Å². The highest BCUT2D eigenvalue weighted by Gasteiger charge is 2.43. The molecule has 1 aliphatic heterocycles. The lowest BCUT2D eigenvalue weighted by molar-refractivity contribution is -0.118. The minimum Gasteiger partial charge on any atom is -0.489 e. The molecule has 1 amide bonds. The van der Waals surface area contributed by atoms with Gasteiger partial charge in [-0.25, -0.2) is 0 Å². The molecule has 0 bridgehead atoms. The molecule has 5 rings (SSSR count). The molecule has 1 unspecified atom stereocenters. The van der Waals surface area contributed by atoms with Crippen LogP contribution in [0.2, 0.25) is 0 Å². The normalized spacial score (nSPS) is 18.5. The Kier molecular flexibility index (Phi) is 6.94. The number of benzene rings is 3. The lowest BCUT2D eigenvalue weighted by Crippen LogP contribution is -2.39. The van der Waals surface area contributed by atoms with Crippen LogP contribution in [-0.4, -0.2) is 11.7 Å². The van der Waals surface area contributed by atoms with Gasteiger partial charge in [-0.3, -0.25) is 9.59 Å². The third-order valence-corrected chi connectivity index (χ3v) is 7.34. The fraction of sp³-hybridized carbons (Fsp3) is 0.273. The first-order valence-corrected chi connectivity index (χ1v) is 13.1. The van der Waals surface area contributed by atoms with Gasteiger partial charge < -0.3 is 15.4 Å². The highest BCUT2D eigenvalue weighted by atomic mass is 16.5. The van der Waals surface area contributed by atoms with E-state index in [0.717, 1.165) is 40.2 Å². The Hall–Kier alpha value is -4.12. The second kappa shape index (κ2) is 10.3. The summed E-state index contributed by atoms with van der Waals surface area (Å²) in [5.74, 6) is -0.0239. The number of para-hydroxylation sites is 2. The summed E-state index contributed by atoms with van der Waals surface area (Å²) in [4.78, 5) is 27.6. The van der Waals surface area contributed by atoms with Crippen LogP contribution in [0.1, 0.15) is 56.2 Å². The molecule has 1 atom stereocenters. The van der Waals surface area contributed by atoms with E-state index in [1.165, 1.54) is 0 Å². The van der Waals surface area contributed by atoms with E-state index in [0.29, 0.717) is 29.9 Å². The summed E-state index contributed by atoms with van der Waals surface area (Å²) >= 11 is 0. The number of nitrogens with one attached hydrogen (secondary N) is 2. The zero-order valence-electron chi connectivity index (χ0n) is 22.4. The molecule has 0 fully saturated rings. The number of carbonyl (C=O) groups is 2. The monoisotopic (exact) mass is 506 g/mol. The van der Waals surface area contributed by atoms with Crippen molar-refractivity contribution in [2.45, 2.75) is 53.1 Å². The van der Waals surface area contributed by atoms with Crippen molar-refractivity contribution in [3.05, 3.63) is 118 Å². The van der Waals surface area contributed by atoms with Crippen molar-refractivity contribution >= 4 is 17.4 Å². The quantitative estimate of drug-likeness (QED) is 0.385. The molecular formula is C33H34N2O3. The molecule has 2 N–H and O–H groups in total. The van der Waals surface area contributed by atoms with E-state index in [1.54, 1.807) is 0 Å². The Bertz CT molecular complexity index is 1450. The van der Waals surface area contributed by atoms with E-state index < -0.39 is 5.92 Å². The van der Waals surface area contributed by atoms with Crippen LogP contribution in [0.4, 0.5) is 5.69 Å². The molecule has 2 aliphatic rings. The smallest absolute Gasteiger partial charge is 0.254 e. The standard InChI is InChI=1S/C33H34N2O3/c1-21-12-8-10-16-25(21)35-32(37)29-22(2)34-26-18-33(3,4)19-27(36)31(26)30(29)24-15-9-11-17-28(24)38-20-23-13-6-5-7-14-23/h5-17,30,34H,18-20H2,1-4H3,(H,35,37). The summed E-state index contributed by atoms with van der Waals surface area (Å²) in [6.07, 6.45) is 1.17. The molecule has 1 aliphatic carbocycles. The summed E-state index contributed by atoms with van der Waals surface area (Å²) in [7, 11) is 0. The predicted molar refractivity (Wildman–Crippen MR) is 151 cm³/mol. The number of aryl methyl sites for hydroxylation is 1. The molecule has 0 saturated heterocycles. The van der Waals surface area contributed by atoms with E-state index in [4.69, 9.17) is 4.74 Å². The van der Waals surface area contributed by atoms with Crippen molar-refractivity contribution in [2.24, 2.45) is 5.41 Å². The maximum atomic E-state index is 13.9. The Labute approximate surface area is 224 Å². The fourth-order valence-corrected chi connectivity index (χ4v) is 5.54. The number of dihydropyridines is 1. The number of ketones is 1. The number of allylic oxidation sites excluding steroid dienone is 3. The second-order valence-electron chi connectivity index (χ2n) is 11.0. The van der Waals surface area contributed by atoms with Crippen LogP contribution in [0.3, 0.4) is 0 Å². The Morgan fingerprint density at radius 3 is 2.39 bits per heavy atom. The minimum absolute atomic E-state index is 0.0697. The molecule has 0 saturated carbocycles. The minimum atomic E-state index is -0.536. The first kappa shape index (κ1) is 25.5. The van der Waals surface area contributed by atoms with Crippen LogP contribution in [0.15, 0.2) is 101 Å². The van der Waals surface area contributed by atoms with Gasteiger partial charge in [0.2, 0.25) is 0 Å². The Balaban J connectivity index is 1.59. The molecule has 194 valence electrons. The van der Waals surface area contributed by atoms with E-state index in [2.05, 4.69) is 24.5 Å². The van der Waals surface area contributed by atoms with Crippen molar-refractivity contribution in [3.8, 4) is 5.75 Å². The summed E-state index contributed by atoms with van der Waals surface area (Å²) in [6.45, 7) is 8.50. The lowest BCUT2D eigenvalue weighted by atomic mass is 9.68. The van der Waals surface area contributed by atoms with Gasteiger partial charge in [0, 0.05) is 40.2 Å². The summed E-state index contributed by atoms with van der Waals surface area (Å²) in [5.41, 5.74) is 6.30. The number of Topliss-reactive ketones (excluding diaryl/α,β-unsaturated/α-hetero) is 1. The van der Waals surface area contributed by atoms with Gasteiger partial charge in [0.25, 0.3) is 5.91 Å². The number of anilines is 1. The first-order valence-electron chi connectivity index (χ1n) is 13.1. The number of rotatable bonds is 6. The molecule has 1 heterocycles. The Morgan fingerprint density at radius 1 is 0.947 bits per heavy atom. The highest BCUT2D eigenvalue weighted by molar-refractivity contribution is 6.10. The number of hydrogen-bond acceptors (Lipinski definition) is 4. The lowest BCUT2D eigenvalue weighted by Gasteiger charge is -2.40. The van der Waals surface area contributed by atoms with Gasteiger partial charge in [-0.05, 0) is 48.9 Å². The number of hydrogen-bond donors (Lipinski definition) is 2. The van der Waals surface area contributed by atoms with Crippen LogP contribution in [0.5, 0.6) is 5.75 Å². The molecular weight excluding hydrogens is 472 g/mol. The van der Waals surface area contributed by atoms with Crippen molar-refractivity contribution in [1.82, 2.24) is 5.32 Å². The maximum absolute atomic E-state index is 13.9. The van der Waals surface area contributed by atoms with Crippen molar-refractivity contribution in [1.29, 1.82) is 0 Å². The molecule has 5 heteroatoms. The molecule has 3 aromatic carbocycles. The van der Waals surface area contributed by atoms with E-state index in [-0.39, 0.29) is 17.1 Å². The van der Waals surface area contributed by atoms with Crippen LogP contribution in [0, 0.1) is 12.3 Å². The highest BCUT2D eigenvalue weighted by Crippen LogP contribution is 2.48. The average molecular weight is 507 g/mol. The summed E-state index contributed by atoms with van der Waals surface area (Å²) < 4.78 is 6.32. The second-order valence-corrected chi connectivity index (χ2v) is 11.0. The van der Waals surface area contributed by atoms with Crippen LogP contribution in [-0.2, 0) is 16.2 Å². The van der Waals surface area contributed by atoms with E-state index in [1.807, 2.05) is 92.7 Å².